The van der Waals surface area contributed by atoms with Crippen LogP contribution in [0.4, 0.5) is 5.69 Å². The maximum atomic E-state index is 12.9. The normalized spacial score (nSPS) is 17.0. The highest BCUT2D eigenvalue weighted by Crippen LogP contribution is 2.28. The molecule has 0 spiro atoms. The molecule has 26 heavy (non-hydrogen) atoms. The number of imide groups is 1. The molecular weight excluding hydrogens is 400 g/mol. The Balaban J connectivity index is 1.87. The van der Waals surface area contributed by atoms with Gasteiger partial charge in [0.25, 0.3) is 5.91 Å². The first-order valence-electron chi connectivity index (χ1n) is 8.45. The lowest BCUT2D eigenvalue weighted by Crippen LogP contribution is -2.45. The first kappa shape index (κ1) is 18.4. The van der Waals surface area contributed by atoms with Crippen LogP contribution < -0.4 is 4.90 Å². The highest BCUT2D eigenvalue weighted by atomic mass is 79.9. The van der Waals surface area contributed by atoms with Gasteiger partial charge in [-0.15, -0.1) is 0 Å². The minimum absolute atomic E-state index is 0.0228. The molecule has 0 bridgehead atoms. The van der Waals surface area contributed by atoms with E-state index < -0.39 is 6.04 Å². The van der Waals surface area contributed by atoms with Crippen molar-refractivity contribution in [3.05, 3.63) is 52.9 Å². The Morgan fingerprint density at radius 2 is 2.00 bits per heavy atom. The van der Waals surface area contributed by atoms with Gasteiger partial charge in [0, 0.05) is 10.9 Å². The van der Waals surface area contributed by atoms with E-state index in [0.717, 1.165) is 9.37 Å². The van der Waals surface area contributed by atoms with Crippen molar-refractivity contribution in [1.82, 2.24) is 4.90 Å². The zero-order chi connectivity index (χ0) is 18.7. The summed E-state index contributed by atoms with van der Waals surface area (Å²) < 4.78 is 6.19. The van der Waals surface area contributed by atoms with Gasteiger partial charge in [-0.05, 0) is 42.8 Å². The van der Waals surface area contributed by atoms with Crippen molar-refractivity contribution < 1.29 is 18.8 Å². The van der Waals surface area contributed by atoms with Gasteiger partial charge in [-0.2, -0.15) is 0 Å². The second-order valence-electron chi connectivity index (χ2n) is 6.11. The zero-order valence-electron chi connectivity index (χ0n) is 14.4. The Labute approximate surface area is 159 Å². The number of carbonyl (C=O) groups excluding carboxylic acids is 3. The molecule has 3 rings (SSSR count). The summed E-state index contributed by atoms with van der Waals surface area (Å²) in [5.41, 5.74) is 0.506. The Morgan fingerprint density at radius 1 is 1.27 bits per heavy atom. The average molecular weight is 419 g/mol. The largest absolute Gasteiger partial charge is 0.467 e. The number of halogens is 1. The molecule has 2 heterocycles. The van der Waals surface area contributed by atoms with Gasteiger partial charge in [-0.25, -0.2) is 4.90 Å². The summed E-state index contributed by atoms with van der Waals surface area (Å²) in [5.74, 6) is -0.270. The van der Waals surface area contributed by atoms with Crippen LogP contribution in [0.25, 0.3) is 0 Å². The molecule has 3 amide bonds. The summed E-state index contributed by atoms with van der Waals surface area (Å²) >= 11 is 3.34. The molecule has 136 valence electrons. The Morgan fingerprint density at radius 3 is 2.62 bits per heavy atom. The quantitative estimate of drug-likeness (QED) is 0.672. The van der Waals surface area contributed by atoms with Crippen molar-refractivity contribution in [3.63, 3.8) is 0 Å². The molecule has 1 saturated heterocycles. The lowest BCUT2D eigenvalue weighted by atomic mass is 10.1. The molecule has 1 aromatic heterocycles. The predicted molar refractivity (Wildman–Crippen MR) is 99.2 cm³/mol. The fourth-order valence-electron chi connectivity index (χ4n) is 3.02. The van der Waals surface area contributed by atoms with Gasteiger partial charge in [0.2, 0.25) is 11.8 Å². The molecule has 0 radical (unpaired) electrons. The van der Waals surface area contributed by atoms with Crippen molar-refractivity contribution in [2.75, 3.05) is 4.90 Å². The first-order chi connectivity index (χ1) is 12.5. The Hall–Kier alpha value is -2.41. The van der Waals surface area contributed by atoms with E-state index in [0.29, 0.717) is 24.3 Å². The number of hydrogen-bond donors (Lipinski definition) is 0. The summed E-state index contributed by atoms with van der Waals surface area (Å²) in [4.78, 5) is 40.7. The van der Waals surface area contributed by atoms with Crippen LogP contribution in [-0.4, -0.2) is 28.7 Å². The Bertz CT molecular complexity index is 801. The number of nitrogens with zero attached hydrogens (tertiary/aromatic N) is 2. The molecule has 1 aliphatic rings. The fraction of sp³-hybridized carbons (Fsp3) is 0.316. The number of anilines is 1. The van der Waals surface area contributed by atoms with E-state index in [1.165, 1.54) is 11.2 Å². The fourth-order valence-corrected chi connectivity index (χ4v) is 3.29. The molecule has 1 aromatic carbocycles. The second-order valence-corrected chi connectivity index (χ2v) is 7.03. The summed E-state index contributed by atoms with van der Waals surface area (Å²) in [7, 11) is 0. The monoisotopic (exact) mass is 418 g/mol. The van der Waals surface area contributed by atoms with Crippen LogP contribution in [0.5, 0.6) is 0 Å². The molecule has 0 N–H and O–H groups in total. The molecule has 1 unspecified atom stereocenters. The van der Waals surface area contributed by atoms with Crippen molar-refractivity contribution in [1.29, 1.82) is 0 Å². The summed E-state index contributed by atoms with van der Waals surface area (Å²) in [6, 6.07) is 9.61. The highest BCUT2D eigenvalue weighted by molar-refractivity contribution is 9.10. The van der Waals surface area contributed by atoms with Gasteiger partial charge < -0.3 is 9.32 Å². The van der Waals surface area contributed by atoms with Crippen LogP contribution in [0.2, 0.25) is 0 Å². The van der Waals surface area contributed by atoms with Gasteiger partial charge in [0.1, 0.15) is 11.8 Å². The number of benzene rings is 1. The van der Waals surface area contributed by atoms with Crippen LogP contribution in [0.1, 0.15) is 31.9 Å². The van der Waals surface area contributed by atoms with Gasteiger partial charge in [0.05, 0.1) is 24.9 Å². The minimum atomic E-state index is -0.810. The molecule has 7 heteroatoms. The number of carbonyl (C=O) groups is 3. The van der Waals surface area contributed by atoms with E-state index in [9.17, 15) is 14.4 Å². The molecule has 0 aliphatic carbocycles. The zero-order valence-corrected chi connectivity index (χ0v) is 15.9. The predicted octanol–water partition coefficient (Wildman–Crippen LogP) is 3.50. The molecular formula is C19H19BrN2O4. The van der Waals surface area contributed by atoms with E-state index in [-0.39, 0.29) is 30.7 Å². The maximum absolute atomic E-state index is 12.9. The van der Waals surface area contributed by atoms with Gasteiger partial charge in [-0.3, -0.25) is 14.4 Å². The lowest BCUT2D eigenvalue weighted by Gasteiger charge is -2.26. The molecule has 1 aliphatic heterocycles. The van der Waals surface area contributed by atoms with Crippen LogP contribution in [-0.2, 0) is 20.9 Å². The molecule has 2 aromatic rings. The van der Waals surface area contributed by atoms with Crippen molar-refractivity contribution in [2.45, 2.75) is 38.8 Å². The minimum Gasteiger partial charge on any atom is -0.467 e. The van der Waals surface area contributed by atoms with Gasteiger partial charge in [-0.1, -0.05) is 22.9 Å². The third-order valence-corrected chi connectivity index (χ3v) is 4.80. The maximum Gasteiger partial charge on any atom is 0.257 e. The van der Waals surface area contributed by atoms with Crippen LogP contribution in [0, 0.1) is 0 Å². The third kappa shape index (κ3) is 3.72. The van der Waals surface area contributed by atoms with E-state index in [1.54, 1.807) is 36.4 Å². The van der Waals surface area contributed by atoms with Crippen LogP contribution >= 0.6 is 15.9 Å². The van der Waals surface area contributed by atoms with Crippen LogP contribution in [0.15, 0.2) is 51.6 Å². The SMILES string of the molecule is CCCC(=O)N(Cc1ccco1)C1CC(=O)N(c2ccc(Br)cc2)C1=O. The molecule has 1 fully saturated rings. The summed E-state index contributed by atoms with van der Waals surface area (Å²) in [5, 5.41) is 0. The third-order valence-electron chi connectivity index (χ3n) is 4.27. The molecule has 0 saturated carbocycles. The standard InChI is InChI=1S/C19H19BrN2O4/c1-2-4-17(23)21(12-15-5-3-10-26-15)16-11-18(24)22(19(16)25)14-8-6-13(20)7-9-14/h3,5-10,16H,2,4,11-12H2,1H3. The van der Waals surface area contributed by atoms with E-state index in [2.05, 4.69) is 15.9 Å². The van der Waals surface area contributed by atoms with E-state index >= 15 is 0 Å². The van der Waals surface area contributed by atoms with Crippen LogP contribution in [0.3, 0.4) is 0 Å². The van der Waals surface area contributed by atoms with Crippen molar-refractivity contribution in [2.24, 2.45) is 0 Å². The lowest BCUT2D eigenvalue weighted by molar-refractivity contribution is -0.139. The Kier molecular flexibility index (Phi) is 5.56. The molecule has 1 atom stereocenters. The van der Waals surface area contributed by atoms with Crippen molar-refractivity contribution in [3.8, 4) is 0 Å². The van der Waals surface area contributed by atoms with Crippen molar-refractivity contribution >= 4 is 39.3 Å². The van der Waals surface area contributed by atoms with Gasteiger partial charge >= 0.3 is 0 Å². The van der Waals surface area contributed by atoms with E-state index in [4.69, 9.17) is 4.42 Å². The number of hydrogen-bond acceptors (Lipinski definition) is 4. The number of furan rings is 1. The van der Waals surface area contributed by atoms with Gasteiger partial charge in [0.15, 0.2) is 0 Å². The summed E-state index contributed by atoms with van der Waals surface area (Å²) in [6.07, 6.45) is 2.48. The van der Waals surface area contributed by atoms with E-state index in [1.807, 2.05) is 6.92 Å². The second kappa shape index (κ2) is 7.86. The summed E-state index contributed by atoms with van der Waals surface area (Å²) in [6.45, 7) is 2.07. The average Bonchev–Trinajstić information content (AvgIpc) is 3.22. The number of amides is 3. The molecule has 6 nitrogen and oxygen atoms in total. The topological polar surface area (TPSA) is 70.8 Å². The number of rotatable bonds is 6. The smallest absolute Gasteiger partial charge is 0.257 e. The first-order valence-corrected chi connectivity index (χ1v) is 9.24. The highest BCUT2D eigenvalue weighted by Gasteiger charge is 2.44.